The number of benzene rings is 3. The molecule has 0 amide bonds. The van der Waals surface area contributed by atoms with E-state index in [2.05, 4.69) is 143 Å². The van der Waals surface area contributed by atoms with Crippen LogP contribution in [0.4, 0.5) is 0 Å². The summed E-state index contributed by atoms with van der Waals surface area (Å²) in [6.07, 6.45) is 8.36. The normalized spacial score (nSPS) is 11.2. The van der Waals surface area contributed by atoms with Crippen molar-refractivity contribution in [2.75, 3.05) is 0 Å². The van der Waals surface area contributed by atoms with Gasteiger partial charge in [0.15, 0.2) is 12.4 Å². The fourth-order valence-corrected chi connectivity index (χ4v) is 4.86. The standard InChI is InChI=1S/C31H24N3.BrH/c1-4-12-27(13-5-1)31(28-14-6-2-7-15-28,29-16-8-3-9-17-29)34-24-26(22-32-34)25-19-20-30-18-10-11-21-33(30)23-25;/h1-24H;1H/q+1;/p-1. The van der Waals surface area contributed by atoms with Crippen LogP contribution in [-0.2, 0) is 5.54 Å². The molecule has 0 fully saturated rings. The average Bonchev–Trinajstić information content (AvgIpc) is 3.41. The van der Waals surface area contributed by atoms with E-state index >= 15 is 0 Å². The zero-order valence-corrected chi connectivity index (χ0v) is 20.7. The van der Waals surface area contributed by atoms with Gasteiger partial charge in [0.25, 0.3) is 0 Å². The molecule has 0 radical (unpaired) electrons. The quantitative estimate of drug-likeness (QED) is 0.254. The molecule has 3 heterocycles. The van der Waals surface area contributed by atoms with Gasteiger partial charge >= 0.3 is 0 Å². The molecule has 0 saturated carbocycles. The van der Waals surface area contributed by atoms with Gasteiger partial charge in [-0.25, -0.2) is 0 Å². The zero-order valence-electron chi connectivity index (χ0n) is 19.1. The third-order valence-corrected chi connectivity index (χ3v) is 6.47. The molecular formula is C31H24BrN3. The van der Waals surface area contributed by atoms with Crippen molar-refractivity contribution in [3.05, 3.63) is 163 Å². The van der Waals surface area contributed by atoms with Gasteiger partial charge in [0.2, 0.25) is 5.52 Å². The number of fused-ring (bicyclic) bond motifs is 1. The maximum absolute atomic E-state index is 4.98. The van der Waals surface area contributed by atoms with Crippen molar-refractivity contribution in [1.82, 2.24) is 9.78 Å². The molecule has 3 aromatic carbocycles. The van der Waals surface area contributed by atoms with Gasteiger partial charge in [-0.2, -0.15) is 9.50 Å². The first kappa shape index (κ1) is 22.8. The Morgan fingerprint density at radius 3 is 1.69 bits per heavy atom. The number of pyridine rings is 2. The number of hydrogen-bond donors (Lipinski definition) is 0. The summed E-state index contributed by atoms with van der Waals surface area (Å²) in [7, 11) is 0. The Bertz CT molecular complexity index is 1450. The second-order valence-corrected chi connectivity index (χ2v) is 8.43. The Labute approximate surface area is 215 Å². The first-order valence-corrected chi connectivity index (χ1v) is 11.5. The molecule has 4 heteroatoms. The van der Waals surface area contributed by atoms with Gasteiger partial charge in [-0.1, -0.05) is 91.0 Å². The lowest BCUT2D eigenvalue weighted by Gasteiger charge is -2.36. The van der Waals surface area contributed by atoms with Gasteiger partial charge in [0.05, 0.1) is 6.20 Å². The lowest BCUT2D eigenvalue weighted by molar-refractivity contribution is -0.511. The molecule has 170 valence electrons. The third-order valence-electron chi connectivity index (χ3n) is 6.47. The molecule has 0 unspecified atom stereocenters. The number of hydrogen-bond acceptors (Lipinski definition) is 1. The van der Waals surface area contributed by atoms with Crippen LogP contribution in [-0.4, -0.2) is 9.78 Å². The minimum Gasteiger partial charge on any atom is -1.00 e. The third kappa shape index (κ3) is 3.96. The molecular weight excluding hydrogens is 494 g/mol. The van der Waals surface area contributed by atoms with Crippen molar-refractivity contribution >= 4 is 5.52 Å². The predicted octanol–water partition coefficient (Wildman–Crippen LogP) is 3.13. The molecule has 3 aromatic heterocycles. The van der Waals surface area contributed by atoms with Gasteiger partial charge in [-0.15, -0.1) is 0 Å². The van der Waals surface area contributed by atoms with Crippen LogP contribution in [0.5, 0.6) is 0 Å². The highest BCUT2D eigenvalue weighted by Crippen LogP contribution is 2.40. The summed E-state index contributed by atoms with van der Waals surface area (Å²) in [6.45, 7) is 0. The first-order valence-electron chi connectivity index (χ1n) is 11.5. The Kier molecular flexibility index (Phi) is 6.30. The second kappa shape index (κ2) is 9.69. The van der Waals surface area contributed by atoms with Crippen LogP contribution in [0.15, 0.2) is 146 Å². The fourth-order valence-electron chi connectivity index (χ4n) is 4.86. The topological polar surface area (TPSA) is 21.9 Å². The molecule has 0 aliphatic rings. The number of halogens is 1. The summed E-state index contributed by atoms with van der Waals surface area (Å²) in [5.74, 6) is 0. The Hall–Kier alpha value is -4.02. The minimum absolute atomic E-state index is 0. The number of rotatable bonds is 5. The Morgan fingerprint density at radius 1 is 0.571 bits per heavy atom. The summed E-state index contributed by atoms with van der Waals surface area (Å²) in [5, 5.41) is 4.98. The van der Waals surface area contributed by atoms with Crippen LogP contribution in [0.3, 0.4) is 0 Å². The summed E-state index contributed by atoms with van der Waals surface area (Å²) in [5.41, 5.74) is 6.24. The molecule has 0 bridgehead atoms. The maximum Gasteiger partial charge on any atom is 0.210 e. The first-order chi connectivity index (χ1) is 16.9. The molecule has 0 saturated heterocycles. The van der Waals surface area contributed by atoms with Crippen LogP contribution >= 0.6 is 0 Å². The number of aromatic nitrogens is 3. The zero-order chi connectivity index (χ0) is 22.8. The van der Waals surface area contributed by atoms with Crippen molar-refractivity contribution in [3.63, 3.8) is 0 Å². The SMILES string of the molecule is [Br-].c1ccc(C(c2ccccc2)(c2ccccc2)n2cc(-c3ccc4cccc[n+]4c3)cn2)cc1. The monoisotopic (exact) mass is 517 g/mol. The maximum atomic E-state index is 4.98. The van der Waals surface area contributed by atoms with Crippen LogP contribution in [0, 0.1) is 0 Å². The molecule has 6 aromatic rings. The van der Waals surface area contributed by atoms with Crippen LogP contribution in [0.25, 0.3) is 16.6 Å². The van der Waals surface area contributed by atoms with E-state index in [1.807, 2.05) is 12.3 Å². The molecule has 0 N–H and O–H groups in total. The van der Waals surface area contributed by atoms with Crippen molar-refractivity contribution in [1.29, 1.82) is 0 Å². The number of nitrogens with zero attached hydrogens (tertiary/aromatic N) is 3. The smallest absolute Gasteiger partial charge is 0.210 e. The largest absolute Gasteiger partial charge is 1.00 e. The summed E-state index contributed by atoms with van der Waals surface area (Å²) >= 11 is 0. The highest BCUT2D eigenvalue weighted by Gasteiger charge is 2.39. The highest BCUT2D eigenvalue weighted by atomic mass is 79.9. The van der Waals surface area contributed by atoms with Crippen molar-refractivity contribution in [3.8, 4) is 11.1 Å². The van der Waals surface area contributed by atoms with Crippen LogP contribution in [0.2, 0.25) is 0 Å². The highest BCUT2D eigenvalue weighted by molar-refractivity contribution is 5.62. The van der Waals surface area contributed by atoms with Gasteiger partial charge in [-0.3, -0.25) is 4.68 Å². The van der Waals surface area contributed by atoms with Crippen LogP contribution in [0.1, 0.15) is 16.7 Å². The van der Waals surface area contributed by atoms with Crippen molar-refractivity contribution in [2.24, 2.45) is 0 Å². The Morgan fingerprint density at radius 2 is 1.11 bits per heavy atom. The average molecular weight is 518 g/mol. The van der Waals surface area contributed by atoms with Gasteiger partial charge in [0, 0.05) is 35.5 Å². The van der Waals surface area contributed by atoms with E-state index < -0.39 is 5.54 Å². The van der Waals surface area contributed by atoms with E-state index in [9.17, 15) is 0 Å². The summed E-state index contributed by atoms with van der Waals surface area (Å²) < 4.78 is 4.26. The second-order valence-electron chi connectivity index (χ2n) is 8.43. The van der Waals surface area contributed by atoms with Gasteiger partial charge in [-0.05, 0) is 28.8 Å². The van der Waals surface area contributed by atoms with Crippen molar-refractivity contribution < 1.29 is 21.4 Å². The minimum atomic E-state index is -0.605. The molecule has 35 heavy (non-hydrogen) atoms. The van der Waals surface area contributed by atoms with E-state index in [-0.39, 0.29) is 17.0 Å². The molecule has 0 spiro atoms. The lowest BCUT2D eigenvalue weighted by atomic mass is 9.77. The van der Waals surface area contributed by atoms with E-state index in [4.69, 9.17) is 5.10 Å². The molecule has 6 rings (SSSR count). The van der Waals surface area contributed by atoms with E-state index in [1.165, 1.54) is 0 Å². The Balaban J connectivity index is 0.00000253. The fraction of sp³-hybridized carbons (Fsp3) is 0.0323. The van der Waals surface area contributed by atoms with E-state index in [0.29, 0.717) is 0 Å². The molecule has 0 aliphatic heterocycles. The summed E-state index contributed by atoms with van der Waals surface area (Å²) in [4.78, 5) is 0. The molecule has 3 nitrogen and oxygen atoms in total. The van der Waals surface area contributed by atoms with E-state index in [0.717, 1.165) is 33.3 Å². The molecule has 0 aliphatic carbocycles. The van der Waals surface area contributed by atoms with Crippen LogP contribution < -0.4 is 21.4 Å². The van der Waals surface area contributed by atoms with Crippen molar-refractivity contribution in [2.45, 2.75) is 5.54 Å². The van der Waals surface area contributed by atoms with E-state index in [1.54, 1.807) is 0 Å². The lowest BCUT2D eigenvalue weighted by Crippen LogP contribution is -3.00. The summed E-state index contributed by atoms with van der Waals surface area (Å²) in [6, 6.07) is 42.4. The molecule has 0 atom stereocenters. The van der Waals surface area contributed by atoms with Gasteiger partial charge in [0.1, 0.15) is 5.54 Å². The predicted molar refractivity (Wildman–Crippen MR) is 135 cm³/mol. The van der Waals surface area contributed by atoms with Gasteiger partial charge < -0.3 is 17.0 Å².